The van der Waals surface area contributed by atoms with E-state index in [9.17, 15) is 4.39 Å². The van der Waals surface area contributed by atoms with Crippen molar-refractivity contribution in [1.29, 1.82) is 0 Å². The molecule has 1 N–H and O–H groups in total. The van der Waals surface area contributed by atoms with Crippen molar-refractivity contribution in [1.82, 2.24) is 5.32 Å². The van der Waals surface area contributed by atoms with Crippen molar-refractivity contribution in [2.45, 2.75) is 51.4 Å². The Morgan fingerprint density at radius 3 is 2.21 bits per heavy atom. The number of hydrogen-bond donors (Lipinski definition) is 1. The molecule has 1 saturated heterocycles. The highest BCUT2D eigenvalue weighted by Crippen LogP contribution is 2.47. The predicted octanol–water partition coefficient (Wildman–Crippen LogP) is 3.68. The molecule has 2 rings (SSSR count). The molecule has 0 amide bonds. The summed E-state index contributed by atoms with van der Waals surface area (Å²) in [5.74, 6) is 0.166. The summed E-state index contributed by atoms with van der Waals surface area (Å²) in [5.41, 5.74) is 0.817. The van der Waals surface area contributed by atoms with Crippen molar-refractivity contribution < 1.29 is 9.13 Å². The second-order valence-corrected chi connectivity index (χ2v) is 6.59. The Bertz CT molecular complexity index is 439. The molecule has 1 fully saturated rings. The maximum absolute atomic E-state index is 13.1. The van der Waals surface area contributed by atoms with Crippen molar-refractivity contribution >= 4 is 0 Å². The highest BCUT2D eigenvalue weighted by Gasteiger charge is 2.48. The molecule has 19 heavy (non-hydrogen) atoms. The fourth-order valence-electron chi connectivity index (χ4n) is 3.39. The Hall–Kier alpha value is -0.930. The molecule has 1 aliphatic heterocycles. The van der Waals surface area contributed by atoms with Crippen molar-refractivity contribution in [3.63, 3.8) is 0 Å². The summed E-state index contributed by atoms with van der Waals surface area (Å²) in [5, 5.41) is 3.37. The van der Waals surface area contributed by atoms with E-state index in [2.05, 4.69) is 33.0 Å². The lowest BCUT2D eigenvalue weighted by molar-refractivity contribution is -0.0776. The molecule has 2 nitrogen and oxygen atoms in total. The van der Waals surface area contributed by atoms with E-state index in [1.807, 2.05) is 19.2 Å². The van der Waals surface area contributed by atoms with Crippen LogP contribution >= 0.6 is 0 Å². The van der Waals surface area contributed by atoms with Gasteiger partial charge in [0.25, 0.3) is 0 Å². The monoisotopic (exact) mass is 265 g/mol. The first-order valence-electron chi connectivity index (χ1n) is 6.88. The maximum atomic E-state index is 13.1. The van der Waals surface area contributed by atoms with Gasteiger partial charge in [0, 0.05) is 12.0 Å². The number of halogens is 1. The average molecular weight is 265 g/mol. The number of rotatable bonds is 3. The van der Waals surface area contributed by atoms with Crippen LogP contribution < -0.4 is 5.32 Å². The fraction of sp³-hybridized carbons (Fsp3) is 0.625. The van der Waals surface area contributed by atoms with Gasteiger partial charge < -0.3 is 10.1 Å². The van der Waals surface area contributed by atoms with Gasteiger partial charge in [-0.1, -0.05) is 12.1 Å². The summed E-state index contributed by atoms with van der Waals surface area (Å²) >= 11 is 0. The fourth-order valence-corrected chi connectivity index (χ4v) is 3.39. The van der Waals surface area contributed by atoms with Crippen LogP contribution in [0.15, 0.2) is 24.3 Å². The summed E-state index contributed by atoms with van der Waals surface area (Å²) in [7, 11) is 1.95. The molecule has 0 bridgehead atoms. The van der Waals surface area contributed by atoms with Gasteiger partial charge in [0.15, 0.2) is 0 Å². The molecule has 106 valence electrons. The van der Waals surface area contributed by atoms with Crippen LogP contribution in [0, 0.1) is 11.7 Å². The minimum atomic E-state index is -0.194. The topological polar surface area (TPSA) is 21.3 Å². The van der Waals surface area contributed by atoms with Crippen molar-refractivity contribution in [2.75, 3.05) is 7.05 Å². The Balaban J connectivity index is 2.29. The van der Waals surface area contributed by atoms with Gasteiger partial charge in [-0.2, -0.15) is 0 Å². The normalized spacial score (nSPS) is 26.3. The number of nitrogens with one attached hydrogen (secondary N) is 1. The van der Waals surface area contributed by atoms with E-state index in [4.69, 9.17) is 4.74 Å². The zero-order valence-corrected chi connectivity index (χ0v) is 12.5. The number of ether oxygens (including phenoxy) is 1. The zero-order valence-electron chi connectivity index (χ0n) is 12.5. The van der Waals surface area contributed by atoms with E-state index < -0.39 is 0 Å². The number of benzene rings is 1. The van der Waals surface area contributed by atoms with Crippen LogP contribution in [0.4, 0.5) is 4.39 Å². The third-order valence-electron chi connectivity index (χ3n) is 4.09. The second kappa shape index (κ2) is 4.88. The highest BCUT2D eigenvalue weighted by molar-refractivity contribution is 5.22. The highest BCUT2D eigenvalue weighted by atomic mass is 19.1. The second-order valence-electron chi connectivity index (χ2n) is 6.59. The average Bonchev–Trinajstić information content (AvgIpc) is 2.51. The van der Waals surface area contributed by atoms with Crippen LogP contribution in [0.1, 0.15) is 45.7 Å². The molecule has 0 spiro atoms. The standard InChI is InChI=1S/C16H24FNO/c1-15(2)10-13(16(3,4)19-15)14(18-5)11-6-8-12(17)9-7-11/h6-9,13-14,18H,10H2,1-5H3. The Labute approximate surface area is 115 Å². The molecule has 1 aromatic carbocycles. The molecule has 1 aromatic rings. The van der Waals surface area contributed by atoms with Crippen molar-refractivity contribution in [2.24, 2.45) is 5.92 Å². The SMILES string of the molecule is CNC(c1ccc(F)cc1)C1CC(C)(C)OC1(C)C. The van der Waals surface area contributed by atoms with E-state index in [-0.39, 0.29) is 23.1 Å². The Morgan fingerprint density at radius 2 is 1.79 bits per heavy atom. The van der Waals surface area contributed by atoms with E-state index in [1.165, 1.54) is 12.1 Å². The van der Waals surface area contributed by atoms with Crippen LogP contribution in [-0.2, 0) is 4.74 Å². The minimum Gasteiger partial charge on any atom is -0.369 e. The molecule has 2 unspecified atom stereocenters. The molecule has 0 radical (unpaired) electrons. The predicted molar refractivity (Wildman–Crippen MR) is 75.6 cm³/mol. The minimum absolute atomic E-state index is 0.108. The summed E-state index contributed by atoms with van der Waals surface area (Å²) in [4.78, 5) is 0. The van der Waals surface area contributed by atoms with E-state index in [0.717, 1.165) is 12.0 Å². The van der Waals surface area contributed by atoms with Gasteiger partial charge in [-0.05, 0) is 58.9 Å². The third kappa shape index (κ3) is 2.98. The van der Waals surface area contributed by atoms with E-state index in [0.29, 0.717) is 5.92 Å². The summed E-state index contributed by atoms with van der Waals surface area (Å²) in [6, 6.07) is 6.94. The molecule has 1 aliphatic rings. The quantitative estimate of drug-likeness (QED) is 0.900. The van der Waals surface area contributed by atoms with Gasteiger partial charge in [-0.15, -0.1) is 0 Å². The molecule has 0 saturated carbocycles. The maximum Gasteiger partial charge on any atom is 0.123 e. The molecule has 3 heteroatoms. The lowest BCUT2D eigenvalue weighted by Crippen LogP contribution is -2.37. The van der Waals surface area contributed by atoms with Gasteiger partial charge in [0.05, 0.1) is 11.2 Å². The first-order valence-corrected chi connectivity index (χ1v) is 6.88. The lowest BCUT2D eigenvalue weighted by atomic mass is 9.79. The largest absolute Gasteiger partial charge is 0.369 e. The first kappa shape index (κ1) is 14.5. The molecular weight excluding hydrogens is 241 g/mol. The first-order chi connectivity index (χ1) is 8.75. The smallest absolute Gasteiger partial charge is 0.123 e. The summed E-state index contributed by atoms with van der Waals surface area (Å²) in [6.07, 6.45) is 0.989. The van der Waals surface area contributed by atoms with Crippen LogP contribution in [0.3, 0.4) is 0 Å². The van der Waals surface area contributed by atoms with Crippen molar-refractivity contribution in [3.8, 4) is 0 Å². The van der Waals surface area contributed by atoms with Gasteiger partial charge >= 0.3 is 0 Å². The molecule has 2 atom stereocenters. The van der Waals surface area contributed by atoms with E-state index >= 15 is 0 Å². The zero-order chi connectivity index (χ0) is 14.3. The van der Waals surface area contributed by atoms with Gasteiger partial charge in [-0.3, -0.25) is 0 Å². The molecule has 1 heterocycles. The molecule has 0 aromatic heterocycles. The summed E-state index contributed by atoms with van der Waals surface area (Å²) < 4.78 is 19.2. The molecular formula is C16H24FNO. The van der Waals surface area contributed by atoms with Gasteiger partial charge in [0.1, 0.15) is 5.82 Å². The van der Waals surface area contributed by atoms with Crippen LogP contribution in [-0.4, -0.2) is 18.2 Å². The van der Waals surface area contributed by atoms with Crippen LogP contribution in [0.2, 0.25) is 0 Å². The molecule has 0 aliphatic carbocycles. The van der Waals surface area contributed by atoms with Crippen LogP contribution in [0.25, 0.3) is 0 Å². The number of hydrogen-bond acceptors (Lipinski definition) is 2. The Morgan fingerprint density at radius 1 is 1.21 bits per heavy atom. The lowest BCUT2D eigenvalue weighted by Gasteiger charge is -2.33. The van der Waals surface area contributed by atoms with Crippen molar-refractivity contribution in [3.05, 3.63) is 35.6 Å². The Kier molecular flexibility index (Phi) is 3.72. The third-order valence-corrected chi connectivity index (χ3v) is 4.09. The van der Waals surface area contributed by atoms with Crippen LogP contribution in [0.5, 0.6) is 0 Å². The van der Waals surface area contributed by atoms with Gasteiger partial charge in [0.2, 0.25) is 0 Å². The van der Waals surface area contributed by atoms with E-state index in [1.54, 1.807) is 0 Å². The summed E-state index contributed by atoms with van der Waals surface area (Å²) in [6.45, 7) is 8.54. The van der Waals surface area contributed by atoms with Gasteiger partial charge in [-0.25, -0.2) is 4.39 Å².